The average molecular weight is 385 g/mol. The molecule has 0 saturated heterocycles. The lowest BCUT2D eigenvalue weighted by molar-refractivity contribution is 0.608. The van der Waals surface area contributed by atoms with Gasteiger partial charge in [-0.2, -0.15) is 0 Å². The molecule has 1 N–H and O–H groups in total. The van der Waals surface area contributed by atoms with Gasteiger partial charge in [0.1, 0.15) is 0 Å². The van der Waals surface area contributed by atoms with Crippen molar-refractivity contribution in [2.75, 3.05) is 6.54 Å². The molecule has 0 saturated carbocycles. The first kappa shape index (κ1) is 14.6. The Kier molecular flexibility index (Phi) is 5.07. The topological polar surface area (TPSA) is 37.8 Å². The number of aromatic nitrogens is 2. The third-order valence-electron chi connectivity index (χ3n) is 2.91. The number of nitrogens with zero attached hydrogens (tertiary/aromatic N) is 2. The van der Waals surface area contributed by atoms with Crippen molar-refractivity contribution in [3.8, 4) is 0 Å². The molecule has 0 amide bonds. The summed E-state index contributed by atoms with van der Waals surface area (Å²) in [6.07, 6.45) is 5.53. The highest BCUT2D eigenvalue weighted by Crippen LogP contribution is 2.29. The van der Waals surface area contributed by atoms with E-state index in [1.165, 1.54) is 5.56 Å². The second kappa shape index (κ2) is 6.59. The Morgan fingerprint density at radius 1 is 1.32 bits per heavy atom. The smallest absolute Gasteiger partial charge is 0.0780 e. The van der Waals surface area contributed by atoms with Gasteiger partial charge in [0.2, 0.25) is 0 Å². The molecule has 5 heteroatoms. The second-order valence-corrected chi connectivity index (χ2v) is 6.01. The molecule has 0 radical (unpaired) electrons. The normalized spacial score (nSPS) is 12.4. The first-order valence-electron chi connectivity index (χ1n) is 6.08. The van der Waals surface area contributed by atoms with E-state index < -0.39 is 0 Å². The van der Waals surface area contributed by atoms with E-state index >= 15 is 0 Å². The molecule has 2 aromatic heterocycles. The van der Waals surface area contributed by atoms with Gasteiger partial charge in [-0.1, -0.05) is 6.92 Å². The number of pyridine rings is 2. The van der Waals surface area contributed by atoms with E-state index in [0.717, 1.165) is 26.7 Å². The van der Waals surface area contributed by atoms with Crippen LogP contribution in [-0.4, -0.2) is 16.5 Å². The van der Waals surface area contributed by atoms with Crippen LogP contribution in [0.3, 0.4) is 0 Å². The van der Waals surface area contributed by atoms with Crippen LogP contribution in [0.2, 0.25) is 0 Å². The number of rotatable bonds is 4. The fourth-order valence-corrected chi connectivity index (χ4v) is 3.19. The molecular weight excluding hydrogens is 370 g/mol. The van der Waals surface area contributed by atoms with Crippen LogP contribution in [0.15, 0.2) is 39.7 Å². The molecule has 0 fully saturated rings. The summed E-state index contributed by atoms with van der Waals surface area (Å²) in [6.45, 7) is 5.04. The van der Waals surface area contributed by atoms with Crippen molar-refractivity contribution in [1.82, 2.24) is 15.3 Å². The largest absolute Gasteiger partial charge is 0.305 e. The van der Waals surface area contributed by atoms with Crippen molar-refractivity contribution < 1.29 is 0 Å². The van der Waals surface area contributed by atoms with Gasteiger partial charge in [-0.25, -0.2) is 0 Å². The van der Waals surface area contributed by atoms with Crippen LogP contribution in [0.1, 0.15) is 29.8 Å². The molecule has 0 aliphatic rings. The predicted molar refractivity (Wildman–Crippen MR) is 84.1 cm³/mol. The van der Waals surface area contributed by atoms with E-state index in [2.05, 4.69) is 61.0 Å². The molecule has 0 aliphatic heterocycles. The second-order valence-electron chi connectivity index (χ2n) is 4.24. The van der Waals surface area contributed by atoms with E-state index in [-0.39, 0.29) is 6.04 Å². The molecule has 100 valence electrons. The molecule has 0 bridgehead atoms. The van der Waals surface area contributed by atoms with E-state index in [9.17, 15) is 0 Å². The molecule has 2 heterocycles. The minimum absolute atomic E-state index is 0.0428. The summed E-state index contributed by atoms with van der Waals surface area (Å²) >= 11 is 7.02. The SMILES string of the molecule is CCNC(c1cnccc1C)c1ncc(Br)cc1Br. The van der Waals surface area contributed by atoms with Crippen LogP contribution in [0.4, 0.5) is 0 Å². The lowest BCUT2D eigenvalue weighted by Gasteiger charge is -2.20. The summed E-state index contributed by atoms with van der Waals surface area (Å²) in [5.41, 5.74) is 3.33. The van der Waals surface area contributed by atoms with Crippen LogP contribution < -0.4 is 5.32 Å². The molecular formula is C14H15Br2N3. The fraction of sp³-hybridized carbons (Fsp3) is 0.286. The zero-order valence-corrected chi connectivity index (χ0v) is 14.0. The Labute approximate surface area is 130 Å². The van der Waals surface area contributed by atoms with E-state index in [4.69, 9.17) is 0 Å². The molecule has 0 aromatic carbocycles. The van der Waals surface area contributed by atoms with Gasteiger partial charge < -0.3 is 5.32 Å². The average Bonchev–Trinajstić information content (AvgIpc) is 2.38. The minimum atomic E-state index is 0.0428. The highest BCUT2D eigenvalue weighted by Gasteiger charge is 2.19. The van der Waals surface area contributed by atoms with E-state index in [1.54, 1.807) is 0 Å². The molecule has 3 nitrogen and oxygen atoms in total. The molecule has 1 atom stereocenters. The fourth-order valence-electron chi connectivity index (χ4n) is 1.97. The minimum Gasteiger partial charge on any atom is -0.305 e. The molecule has 0 aliphatic carbocycles. The number of hydrogen-bond acceptors (Lipinski definition) is 3. The zero-order chi connectivity index (χ0) is 13.8. The standard InChI is InChI=1S/C14H15Br2N3/c1-3-18-13(11-8-17-5-4-9(11)2)14-12(16)6-10(15)7-19-14/h4-8,13,18H,3H2,1-2H3. The van der Waals surface area contributed by atoms with Crippen LogP contribution >= 0.6 is 31.9 Å². The first-order chi connectivity index (χ1) is 9.13. The maximum atomic E-state index is 4.53. The highest BCUT2D eigenvalue weighted by atomic mass is 79.9. The van der Waals surface area contributed by atoms with E-state index in [0.29, 0.717) is 0 Å². The van der Waals surface area contributed by atoms with Crippen LogP contribution in [0.5, 0.6) is 0 Å². The zero-order valence-electron chi connectivity index (χ0n) is 10.8. The van der Waals surface area contributed by atoms with Crippen molar-refractivity contribution in [3.05, 3.63) is 56.5 Å². The Morgan fingerprint density at radius 3 is 2.74 bits per heavy atom. The Morgan fingerprint density at radius 2 is 2.11 bits per heavy atom. The van der Waals surface area contributed by atoms with Gasteiger partial charge in [-0.3, -0.25) is 9.97 Å². The Balaban J connectivity index is 2.48. The van der Waals surface area contributed by atoms with Gasteiger partial charge in [-0.15, -0.1) is 0 Å². The summed E-state index contributed by atoms with van der Waals surface area (Å²) < 4.78 is 1.94. The van der Waals surface area contributed by atoms with Gasteiger partial charge >= 0.3 is 0 Å². The third kappa shape index (κ3) is 3.41. The first-order valence-corrected chi connectivity index (χ1v) is 7.67. The molecule has 19 heavy (non-hydrogen) atoms. The summed E-state index contributed by atoms with van der Waals surface area (Å²) in [5, 5.41) is 3.47. The van der Waals surface area contributed by atoms with Crippen molar-refractivity contribution >= 4 is 31.9 Å². The van der Waals surface area contributed by atoms with Gasteiger partial charge in [0.15, 0.2) is 0 Å². The summed E-state index contributed by atoms with van der Waals surface area (Å²) in [4.78, 5) is 8.76. The molecule has 2 aromatic rings. The van der Waals surface area contributed by atoms with Crippen molar-refractivity contribution in [3.63, 3.8) is 0 Å². The van der Waals surface area contributed by atoms with Crippen molar-refractivity contribution in [2.45, 2.75) is 19.9 Å². The Hall–Kier alpha value is -0.780. The summed E-state index contributed by atoms with van der Waals surface area (Å²) in [6, 6.07) is 4.08. The Bertz CT molecular complexity index is 572. The van der Waals surface area contributed by atoms with Gasteiger partial charge in [0.25, 0.3) is 0 Å². The monoisotopic (exact) mass is 383 g/mol. The van der Waals surface area contributed by atoms with Gasteiger partial charge in [0, 0.05) is 27.5 Å². The van der Waals surface area contributed by atoms with Crippen LogP contribution in [0.25, 0.3) is 0 Å². The van der Waals surface area contributed by atoms with Crippen molar-refractivity contribution in [2.24, 2.45) is 0 Å². The number of hydrogen-bond donors (Lipinski definition) is 1. The number of aryl methyl sites for hydroxylation is 1. The number of halogens is 2. The molecule has 1 unspecified atom stereocenters. The van der Waals surface area contributed by atoms with Gasteiger partial charge in [0.05, 0.1) is 11.7 Å². The maximum absolute atomic E-state index is 4.53. The summed E-state index contributed by atoms with van der Waals surface area (Å²) in [7, 11) is 0. The van der Waals surface area contributed by atoms with Crippen LogP contribution in [-0.2, 0) is 0 Å². The highest BCUT2D eigenvalue weighted by molar-refractivity contribution is 9.11. The number of nitrogens with one attached hydrogen (secondary N) is 1. The third-order valence-corrected chi connectivity index (χ3v) is 3.98. The molecule has 2 rings (SSSR count). The lowest BCUT2D eigenvalue weighted by atomic mass is 10.0. The maximum Gasteiger partial charge on any atom is 0.0780 e. The predicted octanol–water partition coefficient (Wildman–Crippen LogP) is 4.01. The van der Waals surface area contributed by atoms with E-state index in [1.807, 2.05) is 30.7 Å². The van der Waals surface area contributed by atoms with Gasteiger partial charge in [-0.05, 0) is 68.6 Å². The lowest BCUT2D eigenvalue weighted by Crippen LogP contribution is -2.24. The summed E-state index contributed by atoms with van der Waals surface area (Å²) in [5.74, 6) is 0. The van der Waals surface area contributed by atoms with Crippen molar-refractivity contribution in [1.29, 1.82) is 0 Å². The quantitative estimate of drug-likeness (QED) is 0.865. The molecule has 0 spiro atoms. The van der Waals surface area contributed by atoms with Crippen LogP contribution in [0, 0.1) is 6.92 Å².